The van der Waals surface area contributed by atoms with Crippen molar-refractivity contribution in [2.24, 2.45) is 0 Å². The molecule has 0 aliphatic heterocycles. The number of nitrogens with one attached hydrogen (secondary N) is 1. The van der Waals surface area contributed by atoms with Gasteiger partial charge in [0.15, 0.2) is 0 Å². The number of hydrogen-bond donors (Lipinski definition) is 1. The summed E-state index contributed by atoms with van der Waals surface area (Å²) in [6, 6.07) is 10.1. The lowest BCUT2D eigenvalue weighted by molar-refractivity contribution is 0.521. The number of para-hydroxylation sites is 1. The zero-order valence-corrected chi connectivity index (χ0v) is 13.2. The van der Waals surface area contributed by atoms with Crippen molar-refractivity contribution >= 4 is 0 Å². The molecule has 21 heavy (non-hydrogen) atoms. The average molecular weight is 285 g/mol. The van der Waals surface area contributed by atoms with Gasteiger partial charge in [0, 0.05) is 24.3 Å². The molecule has 1 aromatic heterocycles. The first-order valence-electron chi connectivity index (χ1n) is 7.42. The highest BCUT2D eigenvalue weighted by molar-refractivity contribution is 5.40. The minimum atomic E-state index is -0.00635. The maximum atomic E-state index is 12.1. The lowest BCUT2D eigenvalue weighted by Crippen LogP contribution is -2.29. The summed E-state index contributed by atoms with van der Waals surface area (Å²) in [4.78, 5) is 12.1. The molecule has 1 aromatic carbocycles. The summed E-state index contributed by atoms with van der Waals surface area (Å²) in [5.74, 6) is 0. The maximum absolute atomic E-state index is 12.1. The first-order valence-corrected chi connectivity index (χ1v) is 7.42. The number of benzene rings is 1. The topological polar surface area (TPSA) is 46.9 Å². The van der Waals surface area contributed by atoms with Gasteiger partial charge in [0.2, 0.25) is 5.43 Å². The summed E-state index contributed by atoms with van der Waals surface area (Å²) < 4.78 is 1.85. The largest absolute Gasteiger partial charge is 0.308 e. The summed E-state index contributed by atoms with van der Waals surface area (Å²) in [5, 5.41) is 7.88. The SMILES string of the molecule is CCC(C)NCc1nn(-c2ccccc2C)c(C)cc1=O. The van der Waals surface area contributed by atoms with Crippen LogP contribution in [0.1, 0.15) is 37.2 Å². The first-order chi connectivity index (χ1) is 10.0. The Morgan fingerprint density at radius 2 is 2.00 bits per heavy atom. The Labute approximate surface area is 125 Å². The van der Waals surface area contributed by atoms with E-state index >= 15 is 0 Å². The quantitative estimate of drug-likeness (QED) is 0.919. The van der Waals surface area contributed by atoms with Gasteiger partial charge in [-0.2, -0.15) is 5.10 Å². The van der Waals surface area contributed by atoms with Gasteiger partial charge in [-0.05, 0) is 38.8 Å². The van der Waals surface area contributed by atoms with Crippen LogP contribution >= 0.6 is 0 Å². The molecule has 4 heteroatoms. The van der Waals surface area contributed by atoms with Gasteiger partial charge in [0.1, 0.15) is 5.69 Å². The van der Waals surface area contributed by atoms with Crippen LogP contribution in [0.25, 0.3) is 5.69 Å². The third kappa shape index (κ3) is 3.58. The Balaban J connectivity index is 2.39. The molecule has 1 atom stereocenters. The third-order valence-corrected chi connectivity index (χ3v) is 3.75. The molecule has 0 aliphatic carbocycles. The predicted molar refractivity (Wildman–Crippen MR) is 85.9 cm³/mol. The monoisotopic (exact) mass is 285 g/mol. The molecule has 0 aliphatic rings. The first kappa shape index (κ1) is 15.4. The van der Waals surface area contributed by atoms with Gasteiger partial charge in [0.05, 0.1) is 5.69 Å². The number of aromatic nitrogens is 2. The van der Waals surface area contributed by atoms with Crippen LogP contribution in [-0.4, -0.2) is 15.8 Å². The molecular weight excluding hydrogens is 262 g/mol. The van der Waals surface area contributed by atoms with Crippen molar-refractivity contribution in [1.82, 2.24) is 15.1 Å². The second-order valence-corrected chi connectivity index (χ2v) is 5.49. The fraction of sp³-hybridized carbons (Fsp3) is 0.412. The van der Waals surface area contributed by atoms with E-state index in [1.165, 1.54) is 0 Å². The molecule has 4 nitrogen and oxygen atoms in total. The fourth-order valence-corrected chi connectivity index (χ4v) is 2.17. The van der Waals surface area contributed by atoms with E-state index in [9.17, 15) is 4.79 Å². The smallest absolute Gasteiger partial charge is 0.204 e. The van der Waals surface area contributed by atoms with E-state index in [1.54, 1.807) is 6.07 Å². The zero-order valence-electron chi connectivity index (χ0n) is 13.2. The Morgan fingerprint density at radius 3 is 2.67 bits per heavy atom. The van der Waals surface area contributed by atoms with Crippen molar-refractivity contribution in [3.8, 4) is 5.69 Å². The molecule has 0 spiro atoms. The van der Waals surface area contributed by atoms with Crippen molar-refractivity contribution in [2.75, 3.05) is 0 Å². The van der Waals surface area contributed by atoms with Crippen molar-refractivity contribution in [3.05, 3.63) is 57.5 Å². The van der Waals surface area contributed by atoms with Gasteiger partial charge in [-0.15, -0.1) is 0 Å². The fourth-order valence-electron chi connectivity index (χ4n) is 2.17. The average Bonchev–Trinajstić information content (AvgIpc) is 2.47. The van der Waals surface area contributed by atoms with E-state index in [0.717, 1.165) is 23.4 Å². The van der Waals surface area contributed by atoms with E-state index in [2.05, 4.69) is 24.3 Å². The summed E-state index contributed by atoms with van der Waals surface area (Å²) in [6.45, 7) is 8.68. The minimum absolute atomic E-state index is 0.00635. The second kappa shape index (κ2) is 6.68. The number of nitrogens with zero attached hydrogens (tertiary/aromatic N) is 2. The number of rotatable bonds is 5. The summed E-state index contributed by atoms with van der Waals surface area (Å²) >= 11 is 0. The van der Waals surface area contributed by atoms with Crippen LogP contribution in [0.3, 0.4) is 0 Å². The summed E-state index contributed by atoms with van der Waals surface area (Å²) in [7, 11) is 0. The Bertz CT molecular complexity index is 676. The highest BCUT2D eigenvalue weighted by Gasteiger charge is 2.09. The minimum Gasteiger partial charge on any atom is -0.308 e. The highest BCUT2D eigenvalue weighted by Crippen LogP contribution is 2.13. The van der Waals surface area contributed by atoms with Crippen LogP contribution in [0, 0.1) is 13.8 Å². The van der Waals surface area contributed by atoms with Crippen LogP contribution in [0.15, 0.2) is 35.1 Å². The van der Waals surface area contributed by atoms with Crippen molar-refractivity contribution in [1.29, 1.82) is 0 Å². The summed E-state index contributed by atoms with van der Waals surface area (Å²) in [6.07, 6.45) is 1.03. The third-order valence-electron chi connectivity index (χ3n) is 3.75. The van der Waals surface area contributed by atoms with Crippen LogP contribution in [-0.2, 0) is 6.54 Å². The van der Waals surface area contributed by atoms with Crippen molar-refractivity contribution in [3.63, 3.8) is 0 Å². The molecule has 112 valence electrons. The van der Waals surface area contributed by atoms with Crippen molar-refractivity contribution < 1.29 is 0 Å². The lowest BCUT2D eigenvalue weighted by atomic mass is 10.2. The van der Waals surface area contributed by atoms with E-state index < -0.39 is 0 Å². The molecule has 1 unspecified atom stereocenters. The number of hydrogen-bond acceptors (Lipinski definition) is 3. The predicted octanol–water partition coefficient (Wildman–Crippen LogP) is 2.74. The number of aryl methyl sites for hydroxylation is 2. The van der Waals surface area contributed by atoms with Gasteiger partial charge in [-0.25, -0.2) is 4.68 Å². The van der Waals surface area contributed by atoms with Gasteiger partial charge < -0.3 is 5.32 Å². The highest BCUT2D eigenvalue weighted by atomic mass is 16.1. The molecule has 0 saturated heterocycles. The van der Waals surface area contributed by atoms with E-state index in [-0.39, 0.29) is 5.43 Å². The molecule has 2 rings (SSSR count). The van der Waals surface area contributed by atoms with Gasteiger partial charge in [-0.1, -0.05) is 25.1 Å². The molecular formula is C17H23N3O. The normalized spacial score (nSPS) is 12.4. The van der Waals surface area contributed by atoms with Gasteiger partial charge in [-0.3, -0.25) is 4.79 Å². The van der Waals surface area contributed by atoms with Crippen LogP contribution < -0.4 is 10.7 Å². The Morgan fingerprint density at radius 1 is 1.29 bits per heavy atom. The lowest BCUT2D eigenvalue weighted by Gasteiger charge is -2.15. The van der Waals surface area contributed by atoms with E-state index in [4.69, 9.17) is 0 Å². The van der Waals surface area contributed by atoms with Gasteiger partial charge >= 0.3 is 0 Å². The molecule has 0 saturated carbocycles. The maximum Gasteiger partial charge on any atom is 0.204 e. The zero-order chi connectivity index (χ0) is 15.4. The molecule has 0 amide bonds. The van der Waals surface area contributed by atoms with Crippen LogP contribution in [0.5, 0.6) is 0 Å². The Kier molecular flexibility index (Phi) is 4.91. The molecule has 0 radical (unpaired) electrons. The van der Waals surface area contributed by atoms with E-state index in [0.29, 0.717) is 18.3 Å². The van der Waals surface area contributed by atoms with E-state index in [1.807, 2.05) is 42.8 Å². The molecule has 1 heterocycles. The Hall–Kier alpha value is -1.94. The molecule has 0 bridgehead atoms. The molecule has 0 fully saturated rings. The van der Waals surface area contributed by atoms with Crippen molar-refractivity contribution in [2.45, 2.75) is 46.7 Å². The molecule has 1 N–H and O–H groups in total. The second-order valence-electron chi connectivity index (χ2n) is 5.49. The van der Waals surface area contributed by atoms with Crippen LogP contribution in [0.2, 0.25) is 0 Å². The summed E-state index contributed by atoms with van der Waals surface area (Å²) in [5.41, 5.74) is 3.55. The standard InChI is InChI=1S/C17H23N3O/c1-5-13(3)18-11-15-17(21)10-14(4)20(19-15)16-9-7-6-8-12(16)2/h6-10,13,18H,5,11H2,1-4H3. The molecule has 2 aromatic rings. The van der Waals surface area contributed by atoms with Gasteiger partial charge in [0.25, 0.3) is 0 Å². The van der Waals surface area contributed by atoms with Crippen LogP contribution in [0.4, 0.5) is 0 Å².